The lowest BCUT2D eigenvalue weighted by Gasteiger charge is -2.55. The van der Waals surface area contributed by atoms with Crippen LogP contribution < -0.4 is 10.6 Å². The van der Waals surface area contributed by atoms with Crippen molar-refractivity contribution in [3.8, 4) is 0 Å². The fourth-order valence-corrected chi connectivity index (χ4v) is 4.04. The van der Waals surface area contributed by atoms with E-state index in [-0.39, 0.29) is 29.4 Å². The Balaban J connectivity index is 0.00000338. The molecule has 1 aromatic rings. The molecule has 6 nitrogen and oxygen atoms in total. The third-order valence-electron chi connectivity index (χ3n) is 5.70. The van der Waals surface area contributed by atoms with Crippen LogP contribution in [0.4, 0.5) is 0 Å². The van der Waals surface area contributed by atoms with Crippen molar-refractivity contribution in [2.45, 2.75) is 65.0 Å². The highest BCUT2D eigenvalue weighted by molar-refractivity contribution is 14.0. The molecule has 2 atom stereocenters. The predicted octanol–water partition coefficient (Wildman–Crippen LogP) is 3.12. The lowest BCUT2D eigenvalue weighted by Crippen LogP contribution is -2.65. The van der Waals surface area contributed by atoms with E-state index in [1.54, 1.807) is 0 Å². The van der Waals surface area contributed by atoms with Crippen LogP contribution in [0.15, 0.2) is 17.4 Å². The second-order valence-electron chi connectivity index (χ2n) is 6.94. The number of halogens is 1. The number of hydrogen-bond donors (Lipinski definition) is 2. The minimum Gasteiger partial charge on any atom is -0.378 e. The van der Waals surface area contributed by atoms with E-state index in [0.717, 1.165) is 51.2 Å². The van der Waals surface area contributed by atoms with Gasteiger partial charge in [0.2, 0.25) is 0 Å². The summed E-state index contributed by atoms with van der Waals surface area (Å²) in [5.41, 5.74) is 1.50. The second-order valence-corrected chi connectivity index (χ2v) is 6.94. The molecule has 1 aliphatic rings. The van der Waals surface area contributed by atoms with E-state index < -0.39 is 0 Å². The first-order valence-electron chi connectivity index (χ1n) is 9.65. The number of nitrogens with zero attached hydrogens (tertiary/aromatic N) is 3. The Labute approximate surface area is 175 Å². The first-order chi connectivity index (χ1) is 12.1. The molecular weight excluding hydrogens is 441 g/mol. The van der Waals surface area contributed by atoms with Gasteiger partial charge in [-0.2, -0.15) is 5.10 Å². The molecule has 1 saturated carbocycles. The van der Waals surface area contributed by atoms with Crippen molar-refractivity contribution in [2.24, 2.45) is 17.5 Å². The molecule has 2 N–H and O–H groups in total. The number of rotatable bonds is 9. The van der Waals surface area contributed by atoms with Crippen molar-refractivity contribution in [3.05, 3.63) is 18.0 Å². The third-order valence-corrected chi connectivity index (χ3v) is 5.70. The van der Waals surface area contributed by atoms with Crippen LogP contribution >= 0.6 is 24.0 Å². The normalized spacial score (nSPS) is 21.7. The predicted molar refractivity (Wildman–Crippen MR) is 118 cm³/mol. The van der Waals surface area contributed by atoms with Gasteiger partial charge in [0.1, 0.15) is 0 Å². The first kappa shape index (κ1) is 23.2. The average molecular weight is 477 g/mol. The highest BCUT2D eigenvalue weighted by Crippen LogP contribution is 2.48. The van der Waals surface area contributed by atoms with Crippen molar-refractivity contribution in [1.29, 1.82) is 0 Å². The zero-order valence-electron chi connectivity index (χ0n) is 16.9. The van der Waals surface area contributed by atoms with Crippen LogP contribution in [0.1, 0.15) is 52.0 Å². The quantitative estimate of drug-likeness (QED) is 0.248. The van der Waals surface area contributed by atoms with Crippen LogP contribution in [0.25, 0.3) is 0 Å². The van der Waals surface area contributed by atoms with Crippen molar-refractivity contribution in [2.75, 3.05) is 20.2 Å². The number of hydrogen-bond acceptors (Lipinski definition) is 3. The molecule has 0 saturated heterocycles. The number of nitrogens with one attached hydrogen (secondary N) is 2. The van der Waals surface area contributed by atoms with Gasteiger partial charge >= 0.3 is 0 Å². The molecule has 0 aromatic carbocycles. The molecule has 7 heteroatoms. The Bertz CT molecular complexity index is 556. The summed E-state index contributed by atoms with van der Waals surface area (Å²) < 4.78 is 7.81. The Morgan fingerprint density at radius 3 is 2.65 bits per heavy atom. The highest BCUT2D eigenvalue weighted by Gasteiger charge is 2.53. The molecule has 1 heterocycles. The number of aromatic nitrogens is 2. The zero-order valence-corrected chi connectivity index (χ0v) is 19.2. The minimum absolute atomic E-state index is 0. The van der Waals surface area contributed by atoms with Crippen LogP contribution in [0.2, 0.25) is 0 Å². The van der Waals surface area contributed by atoms with E-state index in [9.17, 15) is 0 Å². The monoisotopic (exact) mass is 477 g/mol. The van der Waals surface area contributed by atoms with E-state index in [1.807, 2.05) is 25.0 Å². The average Bonchev–Trinajstić information content (AvgIpc) is 3.02. The Morgan fingerprint density at radius 2 is 2.12 bits per heavy atom. The van der Waals surface area contributed by atoms with Crippen LogP contribution in [0.3, 0.4) is 0 Å². The van der Waals surface area contributed by atoms with Gasteiger partial charge in [-0.1, -0.05) is 13.8 Å². The van der Waals surface area contributed by atoms with Gasteiger partial charge < -0.3 is 15.4 Å². The summed E-state index contributed by atoms with van der Waals surface area (Å²) in [6.45, 7) is 8.32. The highest BCUT2D eigenvalue weighted by atomic mass is 127. The van der Waals surface area contributed by atoms with Gasteiger partial charge in [0, 0.05) is 44.9 Å². The van der Waals surface area contributed by atoms with Crippen LogP contribution in [-0.2, 0) is 18.2 Å². The number of aliphatic imine (C=N–C) groups is 1. The number of aryl methyl sites for hydroxylation is 2. The molecule has 1 aliphatic carbocycles. The SMILES string of the molecule is CCOC1CC(NC(=NC)NCCCc2cnn(C)c2)C1(CC)CC.I. The summed E-state index contributed by atoms with van der Waals surface area (Å²) in [7, 11) is 3.80. The van der Waals surface area contributed by atoms with E-state index in [0.29, 0.717) is 12.1 Å². The van der Waals surface area contributed by atoms with Crippen LogP contribution in [-0.4, -0.2) is 48.1 Å². The summed E-state index contributed by atoms with van der Waals surface area (Å²) in [5, 5.41) is 11.3. The molecule has 1 aromatic heterocycles. The Kier molecular flexibility index (Phi) is 9.92. The molecule has 0 spiro atoms. The maximum atomic E-state index is 5.96. The second kappa shape index (κ2) is 11.1. The van der Waals surface area contributed by atoms with Crippen molar-refractivity contribution in [3.63, 3.8) is 0 Å². The van der Waals surface area contributed by atoms with Gasteiger partial charge in [-0.05, 0) is 44.6 Å². The van der Waals surface area contributed by atoms with Crippen LogP contribution in [0, 0.1) is 5.41 Å². The van der Waals surface area contributed by atoms with Gasteiger partial charge in [-0.3, -0.25) is 9.67 Å². The van der Waals surface area contributed by atoms with E-state index >= 15 is 0 Å². The first-order valence-corrected chi connectivity index (χ1v) is 9.65. The molecule has 0 aliphatic heterocycles. The minimum atomic E-state index is 0. The van der Waals surface area contributed by atoms with Gasteiger partial charge in [0.15, 0.2) is 5.96 Å². The fraction of sp³-hybridized carbons (Fsp3) is 0.789. The molecule has 0 bridgehead atoms. The maximum Gasteiger partial charge on any atom is 0.191 e. The summed E-state index contributed by atoms with van der Waals surface area (Å²) in [6.07, 6.45) is 9.79. The fourth-order valence-electron chi connectivity index (χ4n) is 4.04. The summed E-state index contributed by atoms with van der Waals surface area (Å²) in [5.74, 6) is 0.900. The topological polar surface area (TPSA) is 63.5 Å². The standard InChI is InChI=1S/C19H35N5O.HI/c1-6-19(7-2)16(12-17(19)25-8-3)23-18(20-4)21-11-9-10-15-13-22-24(5)14-15;/h13-14,16-17H,6-12H2,1-5H3,(H2,20,21,23);1H. The Hall–Kier alpha value is -0.830. The van der Waals surface area contributed by atoms with E-state index in [1.165, 1.54) is 5.56 Å². The van der Waals surface area contributed by atoms with E-state index in [2.05, 4.69) is 47.7 Å². The molecule has 1 fully saturated rings. The van der Waals surface area contributed by atoms with Gasteiger partial charge in [0.25, 0.3) is 0 Å². The summed E-state index contributed by atoms with van der Waals surface area (Å²) >= 11 is 0. The molecule has 150 valence electrons. The van der Waals surface area contributed by atoms with Crippen molar-refractivity contribution >= 4 is 29.9 Å². The lowest BCUT2D eigenvalue weighted by atomic mass is 9.58. The van der Waals surface area contributed by atoms with Gasteiger partial charge in [0.05, 0.1) is 12.3 Å². The molecule has 0 amide bonds. The third kappa shape index (κ3) is 5.34. The van der Waals surface area contributed by atoms with Crippen molar-refractivity contribution in [1.82, 2.24) is 20.4 Å². The summed E-state index contributed by atoms with van der Waals surface area (Å²) in [4.78, 5) is 4.40. The molecule has 2 unspecified atom stereocenters. The smallest absolute Gasteiger partial charge is 0.191 e. The molecular formula is C19H36IN5O. The molecule has 0 radical (unpaired) electrons. The van der Waals surface area contributed by atoms with Gasteiger partial charge in [-0.25, -0.2) is 0 Å². The van der Waals surface area contributed by atoms with Crippen LogP contribution in [0.5, 0.6) is 0 Å². The zero-order chi connectivity index (χ0) is 18.3. The number of guanidine groups is 1. The summed E-state index contributed by atoms with van der Waals surface area (Å²) in [6, 6.07) is 0.434. The number of ether oxygens (including phenoxy) is 1. The lowest BCUT2D eigenvalue weighted by molar-refractivity contribution is -0.133. The molecule has 2 rings (SSSR count). The van der Waals surface area contributed by atoms with Crippen molar-refractivity contribution < 1.29 is 4.74 Å². The van der Waals surface area contributed by atoms with Gasteiger partial charge in [-0.15, -0.1) is 24.0 Å². The molecule has 26 heavy (non-hydrogen) atoms. The maximum absolute atomic E-state index is 5.96. The largest absolute Gasteiger partial charge is 0.378 e. The Morgan fingerprint density at radius 1 is 1.38 bits per heavy atom. The van der Waals surface area contributed by atoms with E-state index in [4.69, 9.17) is 4.74 Å².